The van der Waals surface area contributed by atoms with Crippen molar-refractivity contribution < 1.29 is 23.7 Å². The molecule has 2 aromatic rings. The molecule has 0 fully saturated rings. The highest BCUT2D eigenvalue weighted by Crippen LogP contribution is 2.25. The summed E-state index contributed by atoms with van der Waals surface area (Å²) < 4.78 is 22.3. The van der Waals surface area contributed by atoms with Crippen LogP contribution in [-0.4, -0.2) is 55.7 Å². The number of amides is 1. The van der Waals surface area contributed by atoms with E-state index in [2.05, 4.69) is 0 Å². The quantitative estimate of drug-likeness (QED) is 0.204. The summed E-state index contributed by atoms with van der Waals surface area (Å²) in [5, 5.41) is 7.94. The van der Waals surface area contributed by atoms with Gasteiger partial charge in [-0.05, 0) is 90.3 Å². The van der Waals surface area contributed by atoms with Gasteiger partial charge in [-0.15, -0.1) is 0 Å². The zero-order valence-electron chi connectivity index (χ0n) is 21.9. The van der Waals surface area contributed by atoms with Crippen LogP contribution in [0.3, 0.4) is 0 Å². The van der Waals surface area contributed by atoms with E-state index in [1.54, 1.807) is 19.2 Å². The van der Waals surface area contributed by atoms with E-state index in [1.165, 1.54) is 0 Å². The molecule has 0 saturated heterocycles. The minimum absolute atomic E-state index is 0.0429. The Balaban J connectivity index is 1.71. The molecule has 192 valence electrons. The molecule has 0 saturated carbocycles. The highest BCUT2D eigenvalue weighted by molar-refractivity contribution is 5.95. The third-order valence-corrected chi connectivity index (χ3v) is 5.48. The minimum atomic E-state index is 0.0429. The lowest BCUT2D eigenvalue weighted by Crippen LogP contribution is -2.42. The molecule has 0 unspecified atom stereocenters. The topological polar surface area (TPSA) is 81.1 Å². The molecule has 2 aromatic carbocycles. The summed E-state index contributed by atoms with van der Waals surface area (Å²) in [6.45, 7) is 11.6. The van der Waals surface area contributed by atoms with Crippen molar-refractivity contribution in [2.24, 2.45) is 0 Å². The number of hydrogen-bond donors (Lipinski definition) is 1. The van der Waals surface area contributed by atoms with E-state index in [1.807, 2.05) is 69.9 Å². The van der Waals surface area contributed by atoms with Crippen LogP contribution in [0.2, 0.25) is 0 Å². The monoisotopic (exact) mass is 484 g/mol. The summed E-state index contributed by atoms with van der Waals surface area (Å²) in [6, 6.07) is 13.1. The van der Waals surface area contributed by atoms with Gasteiger partial charge in [0.05, 0.1) is 32.5 Å². The molecule has 0 aliphatic heterocycles. The van der Waals surface area contributed by atoms with Crippen molar-refractivity contribution in [1.29, 1.82) is 5.41 Å². The molecule has 0 aliphatic rings. The lowest BCUT2D eigenvalue weighted by atomic mass is 10.1. The van der Waals surface area contributed by atoms with Crippen molar-refractivity contribution >= 4 is 11.8 Å². The van der Waals surface area contributed by atoms with Crippen LogP contribution in [0.15, 0.2) is 42.5 Å². The SMILES string of the molecule is CCOC(=N)c1ccc(OCCCCCOc2ccc(C(=O)N(C(C)C)C(C)C)cc2)cc1OC. The summed E-state index contributed by atoms with van der Waals surface area (Å²) in [5.41, 5.74) is 1.28. The molecule has 0 spiro atoms. The van der Waals surface area contributed by atoms with Crippen molar-refractivity contribution in [2.75, 3.05) is 26.9 Å². The predicted molar refractivity (Wildman–Crippen MR) is 139 cm³/mol. The Morgan fingerprint density at radius 1 is 0.886 bits per heavy atom. The second-order valence-corrected chi connectivity index (χ2v) is 8.81. The van der Waals surface area contributed by atoms with E-state index in [9.17, 15) is 4.79 Å². The van der Waals surface area contributed by atoms with Gasteiger partial charge >= 0.3 is 0 Å². The smallest absolute Gasteiger partial charge is 0.254 e. The lowest BCUT2D eigenvalue weighted by molar-refractivity contribution is 0.0643. The summed E-state index contributed by atoms with van der Waals surface area (Å²) in [4.78, 5) is 14.6. The number of rotatable bonds is 14. The van der Waals surface area contributed by atoms with Crippen LogP contribution in [0, 0.1) is 5.41 Å². The molecule has 7 nitrogen and oxygen atoms in total. The van der Waals surface area contributed by atoms with Gasteiger partial charge in [0, 0.05) is 23.7 Å². The second-order valence-electron chi connectivity index (χ2n) is 8.81. The van der Waals surface area contributed by atoms with Gasteiger partial charge in [0.2, 0.25) is 5.90 Å². The highest BCUT2D eigenvalue weighted by Gasteiger charge is 2.21. The Hall–Kier alpha value is -3.22. The average Bonchev–Trinajstić information content (AvgIpc) is 2.83. The number of methoxy groups -OCH3 is 1. The highest BCUT2D eigenvalue weighted by atomic mass is 16.5. The maximum absolute atomic E-state index is 12.8. The van der Waals surface area contributed by atoms with E-state index >= 15 is 0 Å². The van der Waals surface area contributed by atoms with Crippen LogP contribution in [0.25, 0.3) is 0 Å². The first-order valence-electron chi connectivity index (χ1n) is 12.4. The second kappa shape index (κ2) is 14.2. The minimum Gasteiger partial charge on any atom is -0.496 e. The first-order chi connectivity index (χ1) is 16.8. The number of nitrogens with zero attached hydrogens (tertiary/aromatic N) is 1. The van der Waals surface area contributed by atoms with E-state index in [4.69, 9.17) is 24.4 Å². The Bertz CT molecular complexity index is 933. The molecule has 1 N–H and O–H groups in total. The summed E-state index contributed by atoms with van der Waals surface area (Å²) in [7, 11) is 1.57. The lowest BCUT2D eigenvalue weighted by Gasteiger charge is -2.30. The Morgan fingerprint density at radius 2 is 1.46 bits per heavy atom. The number of ether oxygens (including phenoxy) is 4. The standard InChI is InChI=1S/C28H40N2O5/c1-7-33-27(29)25-16-15-24(19-26(25)32-6)35-18-10-8-9-17-34-23-13-11-22(12-14-23)28(31)30(20(2)3)21(4)5/h11-16,19-21,29H,7-10,17-18H2,1-6H3. The van der Waals surface area contributed by atoms with Crippen LogP contribution < -0.4 is 14.2 Å². The molecule has 0 aliphatic carbocycles. The van der Waals surface area contributed by atoms with Crippen molar-refractivity contribution in [3.05, 3.63) is 53.6 Å². The molecular formula is C28H40N2O5. The number of nitrogens with one attached hydrogen (secondary N) is 1. The number of unbranched alkanes of at least 4 members (excludes halogenated alkanes) is 2. The fourth-order valence-electron chi connectivity index (χ4n) is 3.84. The van der Waals surface area contributed by atoms with Gasteiger partial charge in [0.1, 0.15) is 17.2 Å². The van der Waals surface area contributed by atoms with Gasteiger partial charge in [-0.25, -0.2) is 0 Å². The first-order valence-corrected chi connectivity index (χ1v) is 12.4. The first kappa shape index (κ1) is 28.0. The van der Waals surface area contributed by atoms with Gasteiger partial charge in [0.25, 0.3) is 5.91 Å². The van der Waals surface area contributed by atoms with E-state index in [0.717, 1.165) is 25.0 Å². The Labute approximate surface area is 209 Å². The molecule has 0 heterocycles. The maximum Gasteiger partial charge on any atom is 0.254 e. The third kappa shape index (κ3) is 8.50. The van der Waals surface area contributed by atoms with Crippen molar-refractivity contribution in [2.45, 2.75) is 66.0 Å². The van der Waals surface area contributed by atoms with Crippen LogP contribution in [0.4, 0.5) is 0 Å². The van der Waals surface area contributed by atoms with Gasteiger partial charge in [0.15, 0.2) is 0 Å². The predicted octanol–water partition coefficient (Wildman–Crippen LogP) is 5.94. The van der Waals surface area contributed by atoms with Crippen molar-refractivity contribution in [1.82, 2.24) is 4.90 Å². The van der Waals surface area contributed by atoms with Gasteiger partial charge in [-0.1, -0.05) is 0 Å². The van der Waals surface area contributed by atoms with Crippen molar-refractivity contribution in [3.8, 4) is 17.2 Å². The van der Waals surface area contributed by atoms with E-state index in [0.29, 0.717) is 42.4 Å². The number of carbonyl (C=O) groups excluding carboxylic acids is 1. The van der Waals surface area contributed by atoms with Gasteiger partial charge < -0.3 is 23.8 Å². The molecule has 0 bridgehead atoms. The maximum atomic E-state index is 12.8. The Kier molecular flexibility index (Phi) is 11.4. The number of carbonyl (C=O) groups is 1. The van der Waals surface area contributed by atoms with E-state index < -0.39 is 0 Å². The van der Waals surface area contributed by atoms with E-state index in [-0.39, 0.29) is 23.9 Å². The number of hydrogen-bond acceptors (Lipinski definition) is 6. The average molecular weight is 485 g/mol. The third-order valence-electron chi connectivity index (χ3n) is 5.48. The molecule has 0 radical (unpaired) electrons. The van der Waals surface area contributed by atoms with Crippen molar-refractivity contribution in [3.63, 3.8) is 0 Å². The normalized spacial score (nSPS) is 10.9. The van der Waals surface area contributed by atoms with Gasteiger partial charge in [-0.3, -0.25) is 10.2 Å². The van der Waals surface area contributed by atoms with Crippen LogP contribution in [0.5, 0.6) is 17.2 Å². The largest absolute Gasteiger partial charge is 0.496 e. The van der Waals surface area contributed by atoms with Gasteiger partial charge in [-0.2, -0.15) is 0 Å². The molecule has 1 amide bonds. The molecule has 0 aromatic heterocycles. The van der Waals surface area contributed by atoms with Crippen LogP contribution in [0.1, 0.15) is 69.8 Å². The zero-order valence-corrected chi connectivity index (χ0v) is 21.9. The van der Waals surface area contributed by atoms with Crippen LogP contribution >= 0.6 is 0 Å². The molecule has 7 heteroatoms. The molecule has 2 rings (SSSR count). The summed E-state index contributed by atoms with van der Waals surface area (Å²) >= 11 is 0. The summed E-state index contributed by atoms with van der Waals surface area (Å²) in [6.07, 6.45) is 2.78. The zero-order chi connectivity index (χ0) is 25.8. The van der Waals surface area contributed by atoms with Crippen LogP contribution in [-0.2, 0) is 4.74 Å². The Morgan fingerprint density at radius 3 is 2.00 bits per heavy atom. The number of benzene rings is 2. The molecular weight excluding hydrogens is 444 g/mol. The fourth-order valence-corrected chi connectivity index (χ4v) is 3.84. The summed E-state index contributed by atoms with van der Waals surface area (Å²) in [5.74, 6) is 2.16. The fraction of sp³-hybridized carbons (Fsp3) is 0.500. The molecule has 0 atom stereocenters. The molecule has 35 heavy (non-hydrogen) atoms.